The van der Waals surface area contributed by atoms with Crippen molar-refractivity contribution >= 4 is 58.4 Å². The van der Waals surface area contributed by atoms with Crippen molar-refractivity contribution in [3.8, 4) is 11.1 Å². The van der Waals surface area contributed by atoms with Gasteiger partial charge in [-0.1, -0.05) is 192 Å². The molecule has 314 valence electrons. The lowest BCUT2D eigenvalue weighted by molar-refractivity contribution is 1.23. The standard InChI is InChI=1S/C62H56N2/c1-45-15-21-51(22-16-45)11-7-9-13-53-25-33-57(34-26-53)63(61-41-19-47(3)43-49(61)5)59-37-29-55(30-38-59)56-31-39-60(40-32-56)64(62-42-20-48(4)44-50(62)6)58-35-27-54(28-36-58)14-10-8-12-52-23-17-46(2)18-24-52/h7-44H,1-6H3. The predicted octanol–water partition coefficient (Wildman–Crippen LogP) is 17.6. The smallest absolute Gasteiger partial charge is 0.0490 e. The van der Waals surface area contributed by atoms with Crippen molar-refractivity contribution in [3.63, 3.8) is 0 Å². The fraction of sp³-hybridized carbons (Fsp3) is 0.0968. The number of nitrogens with zero attached hydrogens (tertiary/aromatic N) is 2. The molecule has 0 aliphatic carbocycles. The fourth-order valence-electron chi connectivity index (χ4n) is 8.06. The molecule has 0 aliphatic rings. The SMILES string of the molecule is Cc1ccc(C=CC=Cc2ccc(N(c3ccc(-c4ccc(N(c5ccc(C=CC=Cc6ccc(C)cc6)cc5)c5ccc(C)cc5C)cc4)cc3)c3ccc(C)cc3C)cc2)cc1. The molecule has 0 saturated carbocycles. The monoisotopic (exact) mass is 828 g/mol. The van der Waals surface area contributed by atoms with Crippen molar-refractivity contribution in [2.45, 2.75) is 41.5 Å². The number of hydrogen-bond donors (Lipinski definition) is 0. The molecule has 8 aromatic rings. The first kappa shape index (κ1) is 43.0. The Bertz CT molecular complexity index is 2720. The highest BCUT2D eigenvalue weighted by atomic mass is 15.1. The van der Waals surface area contributed by atoms with Gasteiger partial charge in [0.05, 0.1) is 0 Å². The van der Waals surface area contributed by atoms with E-state index in [1.165, 1.54) is 55.6 Å². The Hall–Kier alpha value is -7.68. The maximum Gasteiger partial charge on any atom is 0.0490 e. The van der Waals surface area contributed by atoms with Crippen LogP contribution in [-0.4, -0.2) is 0 Å². The van der Waals surface area contributed by atoms with E-state index in [4.69, 9.17) is 0 Å². The maximum absolute atomic E-state index is 2.36. The average Bonchev–Trinajstić information content (AvgIpc) is 3.31. The van der Waals surface area contributed by atoms with Crippen LogP contribution in [0.3, 0.4) is 0 Å². The Morgan fingerprint density at radius 3 is 0.797 bits per heavy atom. The Morgan fingerprint density at radius 2 is 0.516 bits per heavy atom. The lowest BCUT2D eigenvalue weighted by atomic mass is 10.0. The zero-order chi connectivity index (χ0) is 44.4. The largest absolute Gasteiger partial charge is 0.310 e. The van der Waals surface area contributed by atoms with Gasteiger partial charge in [0.15, 0.2) is 0 Å². The van der Waals surface area contributed by atoms with Crippen LogP contribution >= 0.6 is 0 Å². The number of hydrogen-bond acceptors (Lipinski definition) is 2. The van der Waals surface area contributed by atoms with Gasteiger partial charge in [-0.25, -0.2) is 0 Å². The van der Waals surface area contributed by atoms with Crippen LogP contribution < -0.4 is 9.80 Å². The van der Waals surface area contributed by atoms with Crippen LogP contribution in [0.5, 0.6) is 0 Å². The second-order valence-corrected chi connectivity index (χ2v) is 16.8. The molecule has 0 bridgehead atoms. The molecular weight excluding hydrogens is 773 g/mol. The minimum Gasteiger partial charge on any atom is -0.310 e. The number of anilines is 6. The molecule has 8 aromatic carbocycles. The van der Waals surface area contributed by atoms with Gasteiger partial charge >= 0.3 is 0 Å². The first-order valence-corrected chi connectivity index (χ1v) is 22.2. The van der Waals surface area contributed by atoms with Gasteiger partial charge in [0, 0.05) is 34.1 Å². The number of benzene rings is 8. The fourth-order valence-corrected chi connectivity index (χ4v) is 8.06. The number of aryl methyl sites for hydroxylation is 6. The third-order valence-electron chi connectivity index (χ3n) is 11.6. The van der Waals surface area contributed by atoms with Crippen molar-refractivity contribution in [1.82, 2.24) is 0 Å². The summed E-state index contributed by atoms with van der Waals surface area (Å²) >= 11 is 0. The van der Waals surface area contributed by atoms with Gasteiger partial charge in [0.2, 0.25) is 0 Å². The van der Waals surface area contributed by atoms with E-state index in [-0.39, 0.29) is 0 Å². The van der Waals surface area contributed by atoms with Gasteiger partial charge in [-0.3, -0.25) is 0 Å². The van der Waals surface area contributed by atoms with E-state index in [0.717, 1.165) is 45.3 Å². The van der Waals surface area contributed by atoms with Crippen LogP contribution in [0.4, 0.5) is 34.1 Å². The van der Waals surface area contributed by atoms with Gasteiger partial charge in [0.1, 0.15) is 0 Å². The number of rotatable bonds is 13. The van der Waals surface area contributed by atoms with Crippen molar-refractivity contribution in [2.24, 2.45) is 0 Å². The van der Waals surface area contributed by atoms with Crippen LogP contribution in [0.2, 0.25) is 0 Å². The molecule has 0 atom stereocenters. The summed E-state index contributed by atoms with van der Waals surface area (Å²) < 4.78 is 0. The highest BCUT2D eigenvalue weighted by Crippen LogP contribution is 2.40. The highest BCUT2D eigenvalue weighted by Gasteiger charge is 2.17. The third-order valence-corrected chi connectivity index (χ3v) is 11.6. The summed E-state index contributed by atoms with van der Waals surface area (Å²) in [5, 5.41) is 0. The van der Waals surface area contributed by atoms with Gasteiger partial charge in [-0.15, -0.1) is 0 Å². The summed E-state index contributed by atoms with van der Waals surface area (Å²) in [6, 6.07) is 66.1. The molecule has 0 N–H and O–H groups in total. The van der Waals surface area contributed by atoms with E-state index >= 15 is 0 Å². The second kappa shape index (κ2) is 20.0. The van der Waals surface area contributed by atoms with Crippen LogP contribution in [0.25, 0.3) is 35.4 Å². The predicted molar refractivity (Wildman–Crippen MR) is 279 cm³/mol. The first-order chi connectivity index (χ1) is 31.2. The third kappa shape index (κ3) is 10.7. The molecule has 0 spiro atoms. The van der Waals surface area contributed by atoms with E-state index in [9.17, 15) is 0 Å². The van der Waals surface area contributed by atoms with Crippen molar-refractivity contribution in [2.75, 3.05) is 9.80 Å². The van der Waals surface area contributed by atoms with Crippen LogP contribution in [0, 0.1) is 41.5 Å². The molecule has 2 heteroatoms. The molecule has 0 aromatic heterocycles. The molecule has 0 fully saturated rings. The lowest BCUT2D eigenvalue weighted by Crippen LogP contribution is -2.11. The van der Waals surface area contributed by atoms with Gasteiger partial charge in [-0.2, -0.15) is 0 Å². The van der Waals surface area contributed by atoms with Crippen LogP contribution in [0.1, 0.15) is 55.6 Å². The minimum atomic E-state index is 1.11. The number of allylic oxidation sites excluding steroid dienone is 4. The Kier molecular flexibility index (Phi) is 13.4. The lowest BCUT2D eigenvalue weighted by Gasteiger charge is -2.28. The zero-order valence-corrected chi connectivity index (χ0v) is 37.8. The Morgan fingerprint density at radius 1 is 0.266 bits per heavy atom. The van der Waals surface area contributed by atoms with E-state index in [1.807, 2.05) is 0 Å². The molecule has 0 radical (unpaired) electrons. The topological polar surface area (TPSA) is 6.48 Å². The van der Waals surface area contributed by atoms with Crippen molar-refractivity contribution in [1.29, 1.82) is 0 Å². The average molecular weight is 829 g/mol. The molecule has 2 nitrogen and oxygen atoms in total. The molecule has 0 unspecified atom stereocenters. The molecule has 0 saturated heterocycles. The van der Waals surface area contributed by atoms with Gasteiger partial charge in [-0.05, 0) is 147 Å². The summed E-state index contributed by atoms with van der Waals surface area (Å²) in [5.74, 6) is 0. The zero-order valence-electron chi connectivity index (χ0n) is 37.8. The summed E-state index contributed by atoms with van der Waals surface area (Å²) in [6.45, 7) is 12.9. The van der Waals surface area contributed by atoms with E-state index < -0.39 is 0 Å². The quantitative estimate of drug-likeness (QED) is 0.107. The molecule has 64 heavy (non-hydrogen) atoms. The Labute approximate surface area is 381 Å². The summed E-state index contributed by atoms with van der Waals surface area (Å²) in [7, 11) is 0. The first-order valence-electron chi connectivity index (χ1n) is 22.2. The summed E-state index contributed by atoms with van der Waals surface area (Å²) in [4.78, 5) is 4.72. The minimum absolute atomic E-state index is 1.11. The Balaban J connectivity index is 1.03. The molecule has 0 heterocycles. The second-order valence-electron chi connectivity index (χ2n) is 16.8. The normalized spacial score (nSPS) is 11.7. The van der Waals surface area contributed by atoms with Crippen molar-refractivity contribution < 1.29 is 0 Å². The maximum atomic E-state index is 2.36. The van der Waals surface area contributed by atoms with E-state index in [2.05, 4.69) is 282 Å². The summed E-state index contributed by atoms with van der Waals surface area (Å²) in [5.41, 5.74) is 21.3. The molecule has 0 aliphatic heterocycles. The molecule has 8 rings (SSSR count). The van der Waals surface area contributed by atoms with Crippen LogP contribution in [-0.2, 0) is 0 Å². The van der Waals surface area contributed by atoms with E-state index in [0.29, 0.717) is 0 Å². The molecule has 0 amide bonds. The van der Waals surface area contributed by atoms with E-state index in [1.54, 1.807) is 0 Å². The van der Waals surface area contributed by atoms with Crippen LogP contribution in [0.15, 0.2) is 206 Å². The van der Waals surface area contributed by atoms with Gasteiger partial charge < -0.3 is 9.80 Å². The van der Waals surface area contributed by atoms with Gasteiger partial charge in [0.25, 0.3) is 0 Å². The summed E-state index contributed by atoms with van der Waals surface area (Å²) in [6.07, 6.45) is 17.0. The molecular formula is C62H56N2. The van der Waals surface area contributed by atoms with Crippen molar-refractivity contribution in [3.05, 3.63) is 262 Å². The highest BCUT2D eigenvalue weighted by molar-refractivity contribution is 5.83.